The molecular formula is C16H25BrO2S. The van der Waals surface area contributed by atoms with Crippen LogP contribution in [0.5, 0.6) is 0 Å². The molecule has 0 N–H and O–H groups in total. The fourth-order valence-corrected chi connectivity index (χ4v) is 4.78. The second kappa shape index (κ2) is 7.08. The van der Waals surface area contributed by atoms with E-state index >= 15 is 0 Å². The van der Waals surface area contributed by atoms with Crippen LogP contribution in [0.2, 0.25) is 0 Å². The van der Waals surface area contributed by atoms with Gasteiger partial charge in [0.05, 0.1) is 10.1 Å². The Kier molecular flexibility index (Phi) is 6.26. The molecule has 0 spiro atoms. The van der Waals surface area contributed by atoms with E-state index in [0.717, 1.165) is 19.3 Å². The van der Waals surface area contributed by atoms with E-state index < -0.39 is 15.1 Å². The average molecular weight is 361 g/mol. The Balaban J connectivity index is 3.42. The van der Waals surface area contributed by atoms with E-state index in [0.29, 0.717) is 0 Å². The van der Waals surface area contributed by atoms with Crippen LogP contribution < -0.4 is 0 Å². The summed E-state index contributed by atoms with van der Waals surface area (Å²) >= 11 is 3.64. The van der Waals surface area contributed by atoms with Crippen LogP contribution in [-0.4, -0.2) is 19.9 Å². The molecule has 20 heavy (non-hydrogen) atoms. The Labute approximate surface area is 132 Å². The van der Waals surface area contributed by atoms with Gasteiger partial charge in [-0.25, -0.2) is 8.42 Å². The largest absolute Gasteiger partial charge is 0.229 e. The number of rotatable bonds is 6. The van der Waals surface area contributed by atoms with Crippen molar-refractivity contribution in [3.05, 3.63) is 34.4 Å². The van der Waals surface area contributed by atoms with Crippen molar-refractivity contribution in [2.45, 2.75) is 57.0 Å². The van der Waals surface area contributed by atoms with Gasteiger partial charge in [-0.15, -0.1) is 0 Å². The molecule has 0 radical (unpaired) electrons. The summed E-state index contributed by atoms with van der Waals surface area (Å²) in [7, 11) is -3.06. The van der Waals surface area contributed by atoms with Gasteiger partial charge in [-0.05, 0) is 48.4 Å². The van der Waals surface area contributed by atoms with Gasteiger partial charge in [0.2, 0.25) is 0 Å². The Morgan fingerprint density at radius 3 is 1.80 bits per heavy atom. The third-order valence-corrected chi connectivity index (χ3v) is 7.17. The summed E-state index contributed by atoms with van der Waals surface area (Å²) in [5.74, 6) is 0. The van der Waals surface area contributed by atoms with Crippen molar-refractivity contribution in [3.8, 4) is 0 Å². The zero-order valence-electron chi connectivity index (χ0n) is 13.0. The van der Waals surface area contributed by atoms with Crippen molar-refractivity contribution < 1.29 is 8.42 Å². The normalized spacial score (nSPS) is 15.1. The highest BCUT2D eigenvalue weighted by atomic mass is 79.9. The van der Waals surface area contributed by atoms with E-state index in [-0.39, 0.29) is 4.83 Å². The molecule has 2 atom stereocenters. The van der Waals surface area contributed by atoms with Crippen molar-refractivity contribution in [1.29, 1.82) is 0 Å². The van der Waals surface area contributed by atoms with Crippen LogP contribution in [0.25, 0.3) is 0 Å². The molecule has 0 bridgehead atoms. The highest BCUT2D eigenvalue weighted by Gasteiger charge is 2.28. The van der Waals surface area contributed by atoms with E-state index in [9.17, 15) is 8.42 Å². The first-order chi connectivity index (χ1) is 9.26. The molecule has 0 amide bonds. The van der Waals surface area contributed by atoms with Crippen LogP contribution in [0, 0.1) is 0 Å². The van der Waals surface area contributed by atoms with Crippen LogP contribution in [0.15, 0.2) is 12.1 Å². The fraction of sp³-hybridized carbons (Fsp3) is 0.625. The maximum atomic E-state index is 11.8. The molecule has 2 unspecified atom stereocenters. The maximum absolute atomic E-state index is 11.8. The minimum atomic E-state index is -3.06. The highest BCUT2D eigenvalue weighted by molar-refractivity contribution is 9.09. The highest BCUT2D eigenvalue weighted by Crippen LogP contribution is 2.36. The average Bonchev–Trinajstić information content (AvgIpc) is 2.42. The summed E-state index contributed by atoms with van der Waals surface area (Å²) in [5, 5.41) is -0.425. The Hall–Kier alpha value is -0.350. The lowest BCUT2D eigenvalue weighted by Crippen LogP contribution is -2.22. The molecule has 0 saturated heterocycles. The molecule has 2 nitrogen and oxygen atoms in total. The van der Waals surface area contributed by atoms with Crippen LogP contribution >= 0.6 is 15.9 Å². The van der Waals surface area contributed by atoms with E-state index in [1.165, 1.54) is 28.5 Å². The van der Waals surface area contributed by atoms with Crippen molar-refractivity contribution in [3.63, 3.8) is 0 Å². The number of hydrogen-bond acceptors (Lipinski definition) is 2. The first-order valence-electron chi connectivity index (χ1n) is 7.23. The molecule has 1 aromatic rings. The number of benzene rings is 1. The third kappa shape index (κ3) is 3.85. The number of aryl methyl sites for hydroxylation is 3. The van der Waals surface area contributed by atoms with Crippen molar-refractivity contribution in [1.82, 2.24) is 0 Å². The predicted octanol–water partition coefficient (Wildman–Crippen LogP) is 4.24. The second-order valence-electron chi connectivity index (χ2n) is 5.32. The van der Waals surface area contributed by atoms with Gasteiger partial charge >= 0.3 is 0 Å². The molecule has 1 aromatic carbocycles. The second-order valence-corrected chi connectivity index (χ2v) is 8.71. The first-order valence-corrected chi connectivity index (χ1v) is 10.1. The van der Waals surface area contributed by atoms with Gasteiger partial charge < -0.3 is 0 Å². The molecule has 0 aliphatic rings. The van der Waals surface area contributed by atoms with Gasteiger partial charge in [0.15, 0.2) is 9.84 Å². The molecule has 0 aliphatic carbocycles. The Morgan fingerprint density at radius 2 is 1.50 bits per heavy atom. The van der Waals surface area contributed by atoms with Gasteiger partial charge in [0, 0.05) is 6.26 Å². The topological polar surface area (TPSA) is 34.1 Å². The number of alkyl halides is 1. The Morgan fingerprint density at radius 1 is 1.05 bits per heavy atom. The van der Waals surface area contributed by atoms with Gasteiger partial charge in [0.25, 0.3) is 0 Å². The van der Waals surface area contributed by atoms with E-state index in [1.807, 2.05) is 0 Å². The van der Waals surface area contributed by atoms with E-state index in [4.69, 9.17) is 0 Å². The number of halogens is 1. The molecule has 0 aromatic heterocycles. The predicted molar refractivity (Wildman–Crippen MR) is 90.5 cm³/mol. The van der Waals surface area contributed by atoms with E-state index in [1.54, 1.807) is 6.92 Å². The van der Waals surface area contributed by atoms with Gasteiger partial charge in [-0.2, -0.15) is 0 Å². The van der Waals surface area contributed by atoms with Gasteiger partial charge in [0.1, 0.15) is 0 Å². The first kappa shape index (κ1) is 17.7. The molecule has 0 aliphatic heterocycles. The third-order valence-electron chi connectivity index (χ3n) is 3.94. The number of hydrogen-bond donors (Lipinski definition) is 0. The fourth-order valence-electron chi connectivity index (χ4n) is 2.45. The monoisotopic (exact) mass is 360 g/mol. The summed E-state index contributed by atoms with van der Waals surface area (Å²) in [6.45, 7) is 8.19. The minimum absolute atomic E-state index is 0.145. The van der Waals surface area contributed by atoms with Crippen molar-refractivity contribution in [2.24, 2.45) is 0 Å². The summed E-state index contributed by atoms with van der Waals surface area (Å²) in [6.07, 6.45) is 4.17. The summed E-state index contributed by atoms with van der Waals surface area (Å²) in [5.41, 5.74) is 5.02. The van der Waals surface area contributed by atoms with Crippen molar-refractivity contribution in [2.75, 3.05) is 6.26 Å². The van der Waals surface area contributed by atoms with Crippen LogP contribution in [0.4, 0.5) is 0 Å². The minimum Gasteiger partial charge on any atom is -0.229 e. The summed E-state index contributed by atoms with van der Waals surface area (Å²) < 4.78 is 23.7. The SMILES string of the molecule is CCc1cc(CC)c(C(Br)C(C)S(C)(=O)=O)c(CC)c1. The summed E-state index contributed by atoms with van der Waals surface area (Å²) in [4.78, 5) is -0.145. The van der Waals surface area contributed by atoms with Crippen molar-refractivity contribution >= 4 is 25.8 Å². The summed E-state index contributed by atoms with van der Waals surface area (Å²) in [6, 6.07) is 4.44. The zero-order valence-corrected chi connectivity index (χ0v) is 15.4. The van der Waals surface area contributed by atoms with Crippen LogP contribution in [0.3, 0.4) is 0 Å². The van der Waals surface area contributed by atoms with Gasteiger partial charge in [-0.1, -0.05) is 48.8 Å². The molecule has 1 rings (SSSR count). The molecule has 114 valence electrons. The van der Waals surface area contributed by atoms with Crippen LogP contribution in [0.1, 0.15) is 54.8 Å². The smallest absolute Gasteiger partial charge is 0.151 e. The standard InChI is InChI=1S/C16H25BrO2S/c1-6-12-9-13(7-2)15(14(8-3)10-12)16(17)11(4)20(5,18)19/h9-11,16H,6-8H2,1-5H3. The van der Waals surface area contributed by atoms with Crippen LogP contribution in [-0.2, 0) is 29.1 Å². The molecular weight excluding hydrogens is 336 g/mol. The van der Waals surface area contributed by atoms with Gasteiger partial charge in [-0.3, -0.25) is 0 Å². The Bertz CT molecular complexity index is 539. The van der Waals surface area contributed by atoms with E-state index in [2.05, 4.69) is 48.8 Å². The number of sulfone groups is 1. The zero-order chi connectivity index (χ0) is 15.5. The lowest BCUT2D eigenvalue weighted by molar-refractivity contribution is 0.588. The quantitative estimate of drug-likeness (QED) is 0.710. The lowest BCUT2D eigenvalue weighted by Gasteiger charge is -2.24. The molecule has 4 heteroatoms. The maximum Gasteiger partial charge on any atom is 0.151 e. The molecule has 0 saturated carbocycles. The molecule has 0 heterocycles. The lowest BCUT2D eigenvalue weighted by atomic mass is 9.91. The molecule has 0 fully saturated rings.